The molecule has 116 valence electrons. The third-order valence-electron chi connectivity index (χ3n) is 1.31. The summed E-state index contributed by atoms with van der Waals surface area (Å²) in [6, 6.07) is 0. The largest absolute Gasteiger partial charge is 0.438 e. The highest BCUT2D eigenvalue weighted by atomic mass is 35.6. The van der Waals surface area contributed by atoms with Crippen LogP contribution in [0.1, 0.15) is 0 Å². The van der Waals surface area contributed by atoms with Gasteiger partial charge < -0.3 is 9.47 Å². The van der Waals surface area contributed by atoms with Crippen molar-refractivity contribution < 1.29 is 19.1 Å². The Morgan fingerprint density at radius 1 is 0.750 bits per heavy atom. The van der Waals surface area contributed by atoms with Crippen LogP contribution in [0, 0.1) is 0 Å². The SMILES string of the molecule is O=C(/C=C/C(=O)OC(Cl)C(Cl)(Cl)Cl)OC(Cl)C(Cl)(Cl)Cl. The highest BCUT2D eigenvalue weighted by Crippen LogP contribution is 2.35. The van der Waals surface area contributed by atoms with Crippen LogP contribution in [0.5, 0.6) is 0 Å². The molecule has 0 saturated heterocycles. The lowest BCUT2D eigenvalue weighted by molar-refractivity contribution is -0.142. The van der Waals surface area contributed by atoms with E-state index in [9.17, 15) is 9.59 Å². The van der Waals surface area contributed by atoms with Gasteiger partial charge in [-0.1, -0.05) is 92.8 Å². The van der Waals surface area contributed by atoms with Crippen molar-refractivity contribution in [1.29, 1.82) is 0 Å². The van der Waals surface area contributed by atoms with Gasteiger partial charge in [-0.15, -0.1) is 0 Å². The zero-order chi connectivity index (χ0) is 16.1. The first kappa shape index (κ1) is 21.0. The summed E-state index contributed by atoms with van der Waals surface area (Å²) in [6.07, 6.45) is 1.33. The summed E-state index contributed by atoms with van der Waals surface area (Å²) in [4.78, 5) is 22.4. The first-order chi connectivity index (χ1) is 8.84. The molecule has 0 aliphatic carbocycles. The standard InChI is InChI=1S/C8H4Cl8O4/c9-5(7(11,12)13)19-3(17)1-2-4(18)20-6(10)8(14,15)16/h1-2,5-6H/b2-1+. The zero-order valence-electron chi connectivity index (χ0n) is 8.97. The fourth-order valence-electron chi connectivity index (χ4n) is 0.552. The maximum absolute atomic E-state index is 11.2. The van der Waals surface area contributed by atoms with Gasteiger partial charge in [0.25, 0.3) is 0 Å². The molecule has 0 spiro atoms. The molecule has 0 aromatic carbocycles. The van der Waals surface area contributed by atoms with Crippen LogP contribution in [-0.2, 0) is 19.1 Å². The van der Waals surface area contributed by atoms with E-state index in [1.807, 2.05) is 0 Å². The second kappa shape index (κ2) is 8.59. The number of ether oxygens (including phenoxy) is 2. The predicted octanol–water partition coefficient (Wildman–Crippen LogP) is 4.50. The molecular weight excluding hydrogens is 444 g/mol. The van der Waals surface area contributed by atoms with Gasteiger partial charge in [0.1, 0.15) is 0 Å². The van der Waals surface area contributed by atoms with Crippen molar-refractivity contribution in [2.75, 3.05) is 0 Å². The Bertz CT molecular complexity index is 349. The average molecular weight is 448 g/mol. The Kier molecular flexibility index (Phi) is 9.01. The van der Waals surface area contributed by atoms with E-state index in [0.717, 1.165) is 0 Å². The molecule has 0 heterocycles. The minimum Gasteiger partial charge on any atom is -0.438 e. The van der Waals surface area contributed by atoms with Crippen molar-refractivity contribution >= 4 is 105 Å². The Morgan fingerprint density at radius 3 is 1.20 bits per heavy atom. The van der Waals surface area contributed by atoms with Crippen molar-refractivity contribution in [2.45, 2.75) is 18.7 Å². The number of esters is 2. The van der Waals surface area contributed by atoms with Crippen LogP contribution >= 0.6 is 92.8 Å². The number of hydrogen-bond acceptors (Lipinski definition) is 4. The molecule has 0 N–H and O–H groups in total. The monoisotopic (exact) mass is 444 g/mol. The third-order valence-corrected chi connectivity index (χ3v) is 4.00. The molecule has 0 saturated carbocycles. The number of halogens is 8. The molecule has 0 aromatic heterocycles. The Labute approximate surface area is 154 Å². The summed E-state index contributed by atoms with van der Waals surface area (Å²) in [7, 11) is 0. The summed E-state index contributed by atoms with van der Waals surface area (Å²) < 4.78 is 4.87. The van der Waals surface area contributed by atoms with Crippen LogP contribution in [0.15, 0.2) is 12.2 Å². The second-order valence-electron chi connectivity index (χ2n) is 2.92. The molecular formula is C8H4Cl8O4. The molecule has 0 aromatic rings. The molecule has 0 rings (SSSR count). The third kappa shape index (κ3) is 9.11. The van der Waals surface area contributed by atoms with Gasteiger partial charge >= 0.3 is 11.9 Å². The minimum atomic E-state index is -2.03. The normalized spacial score (nSPS) is 15.8. The van der Waals surface area contributed by atoms with Crippen LogP contribution in [0.2, 0.25) is 0 Å². The topological polar surface area (TPSA) is 52.6 Å². The van der Waals surface area contributed by atoms with Crippen LogP contribution < -0.4 is 0 Å². The number of alkyl halides is 8. The molecule has 0 radical (unpaired) electrons. The number of rotatable bonds is 4. The van der Waals surface area contributed by atoms with E-state index >= 15 is 0 Å². The molecule has 20 heavy (non-hydrogen) atoms. The van der Waals surface area contributed by atoms with Crippen molar-refractivity contribution in [3.63, 3.8) is 0 Å². The summed E-state index contributed by atoms with van der Waals surface area (Å²) in [5.74, 6) is -2.12. The lowest BCUT2D eigenvalue weighted by atomic mass is 10.5. The average Bonchev–Trinajstić information content (AvgIpc) is 2.23. The Morgan fingerprint density at radius 2 is 1.00 bits per heavy atom. The van der Waals surface area contributed by atoms with Crippen molar-refractivity contribution in [3.8, 4) is 0 Å². The van der Waals surface area contributed by atoms with E-state index in [0.29, 0.717) is 12.2 Å². The van der Waals surface area contributed by atoms with Crippen molar-refractivity contribution in [1.82, 2.24) is 0 Å². The fourth-order valence-corrected chi connectivity index (χ4v) is 0.995. The van der Waals surface area contributed by atoms with E-state index in [2.05, 4.69) is 9.47 Å². The lowest BCUT2D eigenvalue weighted by Crippen LogP contribution is -2.26. The molecule has 0 bridgehead atoms. The van der Waals surface area contributed by atoms with E-state index in [-0.39, 0.29) is 0 Å². The first-order valence-corrected chi connectivity index (χ1v) is 7.49. The summed E-state index contributed by atoms with van der Waals surface area (Å²) in [5.41, 5.74) is -3.11. The molecule has 0 amide bonds. The zero-order valence-corrected chi connectivity index (χ0v) is 15.0. The minimum absolute atomic E-state index is 0.663. The molecule has 2 unspecified atom stereocenters. The highest BCUT2D eigenvalue weighted by Gasteiger charge is 2.35. The maximum Gasteiger partial charge on any atom is 0.332 e. The molecule has 12 heteroatoms. The van der Waals surface area contributed by atoms with Gasteiger partial charge in [0.2, 0.25) is 18.7 Å². The Hall–Kier alpha value is 1.000. The van der Waals surface area contributed by atoms with Gasteiger partial charge in [-0.2, -0.15) is 0 Å². The molecule has 2 atom stereocenters. The summed E-state index contributed by atoms with van der Waals surface area (Å²) >= 11 is 43.0. The molecule has 0 aliphatic rings. The van der Waals surface area contributed by atoms with Crippen LogP contribution in [0.4, 0.5) is 0 Å². The predicted molar refractivity (Wildman–Crippen MR) is 81.2 cm³/mol. The quantitative estimate of drug-likeness (QED) is 0.362. The van der Waals surface area contributed by atoms with E-state index < -0.39 is 30.6 Å². The number of hydrogen-bond donors (Lipinski definition) is 0. The van der Waals surface area contributed by atoms with Gasteiger partial charge in [0.05, 0.1) is 0 Å². The summed E-state index contributed by atoms with van der Waals surface area (Å²) in [5, 5.41) is 0. The van der Waals surface area contributed by atoms with Crippen LogP contribution in [-0.4, -0.2) is 30.6 Å². The van der Waals surface area contributed by atoms with Crippen molar-refractivity contribution in [2.24, 2.45) is 0 Å². The Balaban J connectivity index is 4.37. The van der Waals surface area contributed by atoms with Gasteiger partial charge in [-0.3, -0.25) is 0 Å². The smallest absolute Gasteiger partial charge is 0.332 e. The molecule has 0 aliphatic heterocycles. The summed E-state index contributed by atoms with van der Waals surface area (Å²) in [6.45, 7) is 0. The van der Waals surface area contributed by atoms with Crippen LogP contribution in [0.25, 0.3) is 0 Å². The van der Waals surface area contributed by atoms with E-state index in [1.165, 1.54) is 0 Å². The first-order valence-electron chi connectivity index (χ1n) is 4.35. The number of carbonyl (C=O) groups is 2. The van der Waals surface area contributed by atoms with Crippen molar-refractivity contribution in [3.05, 3.63) is 12.2 Å². The van der Waals surface area contributed by atoms with Gasteiger partial charge in [0, 0.05) is 12.2 Å². The van der Waals surface area contributed by atoms with Gasteiger partial charge in [-0.25, -0.2) is 9.59 Å². The van der Waals surface area contributed by atoms with E-state index in [1.54, 1.807) is 0 Å². The van der Waals surface area contributed by atoms with Crippen LogP contribution in [0.3, 0.4) is 0 Å². The van der Waals surface area contributed by atoms with E-state index in [4.69, 9.17) is 92.8 Å². The molecule has 4 nitrogen and oxygen atoms in total. The van der Waals surface area contributed by atoms with Gasteiger partial charge in [0.15, 0.2) is 0 Å². The van der Waals surface area contributed by atoms with Gasteiger partial charge in [-0.05, 0) is 0 Å². The fraction of sp³-hybridized carbons (Fsp3) is 0.500. The highest BCUT2D eigenvalue weighted by molar-refractivity contribution is 6.70. The lowest BCUT2D eigenvalue weighted by Gasteiger charge is -2.17. The molecule has 0 fully saturated rings. The second-order valence-corrected chi connectivity index (χ2v) is 8.45. The maximum atomic E-state index is 11.2. The number of carbonyl (C=O) groups excluding carboxylic acids is 2.